The lowest BCUT2D eigenvalue weighted by molar-refractivity contribution is -0.128. The van der Waals surface area contributed by atoms with Crippen LogP contribution in [0.25, 0.3) is 0 Å². The van der Waals surface area contributed by atoms with Crippen LogP contribution in [0.2, 0.25) is 0 Å². The number of carbonyl (C=O) groups excluding carboxylic acids is 1. The summed E-state index contributed by atoms with van der Waals surface area (Å²) in [7, 11) is 1.47. The molecule has 0 saturated carbocycles. The Bertz CT molecular complexity index is 431. The second-order valence-corrected chi connectivity index (χ2v) is 4.12. The highest BCUT2D eigenvalue weighted by atomic mass is 32.1. The van der Waals surface area contributed by atoms with Crippen molar-refractivity contribution in [2.45, 2.75) is 6.42 Å². The smallest absolute Gasteiger partial charge is 0.227 e. The van der Waals surface area contributed by atoms with Gasteiger partial charge in [-0.25, -0.2) is 8.78 Å². The monoisotopic (exact) mass is 258 g/mol. The molecule has 0 aliphatic heterocycles. The van der Waals surface area contributed by atoms with E-state index in [0.29, 0.717) is 0 Å². The maximum absolute atomic E-state index is 13.3. The molecule has 0 spiro atoms. The summed E-state index contributed by atoms with van der Waals surface area (Å²) in [6.07, 6.45) is -0.350. The van der Waals surface area contributed by atoms with Crippen LogP contribution in [0.1, 0.15) is 5.56 Å². The molecule has 0 aromatic heterocycles. The fraction of sp³-hybridized carbons (Fsp3) is 0.273. The molecule has 3 nitrogen and oxygen atoms in total. The molecule has 1 aromatic carbocycles. The maximum Gasteiger partial charge on any atom is 0.227 e. The van der Waals surface area contributed by atoms with Crippen molar-refractivity contribution in [3.8, 4) is 0 Å². The molecule has 1 rings (SSSR count). The number of hydrogen-bond acceptors (Lipinski definition) is 2. The number of benzene rings is 1. The fourth-order valence-corrected chi connectivity index (χ4v) is 1.50. The van der Waals surface area contributed by atoms with Crippen LogP contribution >= 0.6 is 12.2 Å². The minimum Gasteiger partial charge on any atom is -0.392 e. The van der Waals surface area contributed by atoms with E-state index in [2.05, 4.69) is 12.2 Å². The van der Waals surface area contributed by atoms with Gasteiger partial charge in [-0.3, -0.25) is 4.79 Å². The molecule has 92 valence electrons. The second-order valence-electron chi connectivity index (χ2n) is 3.59. The van der Waals surface area contributed by atoms with Crippen molar-refractivity contribution in [1.29, 1.82) is 0 Å². The highest BCUT2D eigenvalue weighted by Gasteiger charge is 2.16. The summed E-state index contributed by atoms with van der Waals surface area (Å²) in [5.41, 5.74) is 5.03. The molecule has 2 N–H and O–H groups in total. The first-order valence-corrected chi connectivity index (χ1v) is 5.27. The minimum absolute atomic E-state index is 0.0875. The summed E-state index contributed by atoms with van der Waals surface area (Å²) in [5.74, 6) is -1.91. The summed E-state index contributed by atoms with van der Waals surface area (Å²) in [5, 5.41) is 0. The van der Waals surface area contributed by atoms with E-state index in [1.165, 1.54) is 18.0 Å². The molecule has 0 heterocycles. The molecular formula is C11H12F2N2OS. The summed E-state index contributed by atoms with van der Waals surface area (Å²) < 4.78 is 26.6. The van der Waals surface area contributed by atoms with E-state index in [-0.39, 0.29) is 23.5 Å². The quantitative estimate of drug-likeness (QED) is 0.827. The van der Waals surface area contributed by atoms with E-state index >= 15 is 0 Å². The number of amides is 1. The third kappa shape index (κ3) is 3.74. The molecule has 0 radical (unpaired) electrons. The first kappa shape index (κ1) is 13.5. The molecule has 0 atom stereocenters. The number of carbonyl (C=O) groups is 1. The van der Waals surface area contributed by atoms with Crippen LogP contribution in [-0.2, 0) is 11.2 Å². The normalized spacial score (nSPS) is 10.1. The maximum atomic E-state index is 13.3. The predicted molar refractivity (Wildman–Crippen MR) is 64.5 cm³/mol. The number of thiocarbonyl (C=S) groups is 1. The first-order chi connectivity index (χ1) is 7.91. The summed E-state index contributed by atoms with van der Waals surface area (Å²) in [6, 6.07) is 3.47. The number of nitrogens with two attached hydrogens (primary N) is 1. The van der Waals surface area contributed by atoms with Gasteiger partial charge in [0.25, 0.3) is 0 Å². The lowest BCUT2D eigenvalue weighted by Gasteiger charge is -2.16. The van der Waals surface area contributed by atoms with Crippen molar-refractivity contribution in [3.05, 3.63) is 35.4 Å². The summed E-state index contributed by atoms with van der Waals surface area (Å²) >= 11 is 4.64. The van der Waals surface area contributed by atoms with Crippen LogP contribution in [0.3, 0.4) is 0 Å². The van der Waals surface area contributed by atoms with Crippen LogP contribution in [0.5, 0.6) is 0 Å². The average Bonchev–Trinajstić information content (AvgIpc) is 2.22. The Kier molecular flexibility index (Phi) is 4.51. The van der Waals surface area contributed by atoms with Crippen LogP contribution in [0, 0.1) is 11.6 Å². The zero-order valence-corrected chi connectivity index (χ0v) is 10.1. The van der Waals surface area contributed by atoms with Gasteiger partial charge < -0.3 is 10.6 Å². The molecule has 17 heavy (non-hydrogen) atoms. The standard InChI is InChI=1S/C11H12F2N2OS/c1-15(6-10(14)17)11(16)5-7-8(12)3-2-4-9(7)13/h2-4H,5-6H2,1H3,(H2,14,17). The van der Waals surface area contributed by atoms with E-state index in [1.807, 2.05) is 0 Å². The Balaban J connectivity index is 2.78. The molecule has 0 fully saturated rings. The van der Waals surface area contributed by atoms with E-state index in [1.54, 1.807) is 0 Å². The lowest BCUT2D eigenvalue weighted by Crippen LogP contribution is -2.35. The predicted octanol–water partition coefficient (Wildman–Crippen LogP) is 1.25. The number of halogens is 2. The van der Waals surface area contributed by atoms with Gasteiger partial charge in [-0.2, -0.15) is 0 Å². The zero-order chi connectivity index (χ0) is 13.0. The van der Waals surface area contributed by atoms with Gasteiger partial charge in [-0.15, -0.1) is 0 Å². The molecular weight excluding hydrogens is 246 g/mol. The van der Waals surface area contributed by atoms with Crippen LogP contribution in [0.4, 0.5) is 8.78 Å². The van der Waals surface area contributed by atoms with Gasteiger partial charge in [0, 0.05) is 12.6 Å². The van der Waals surface area contributed by atoms with E-state index in [0.717, 1.165) is 12.1 Å². The Morgan fingerprint density at radius 1 is 1.41 bits per heavy atom. The SMILES string of the molecule is CN(CC(N)=S)C(=O)Cc1c(F)cccc1F. The third-order valence-corrected chi connectivity index (χ3v) is 2.34. The van der Waals surface area contributed by atoms with Crippen LogP contribution in [-0.4, -0.2) is 29.4 Å². The van der Waals surface area contributed by atoms with E-state index in [9.17, 15) is 13.6 Å². The van der Waals surface area contributed by atoms with Crippen molar-refractivity contribution < 1.29 is 13.6 Å². The Hall–Kier alpha value is -1.56. The molecule has 6 heteroatoms. The van der Waals surface area contributed by atoms with Gasteiger partial charge in [0.1, 0.15) is 11.6 Å². The second kappa shape index (κ2) is 5.67. The van der Waals surface area contributed by atoms with Crippen molar-refractivity contribution >= 4 is 23.1 Å². The van der Waals surface area contributed by atoms with Crippen molar-refractivity contribution in [1.82, 2.24) is 4.90 Å². The van der Waals surface area contributed by atoms with E-state index < -0.39 is 17.5 Å². The van der Waals surface area contributed by atoms with Gasteiger partial charge in [0.2, 0.25) is 5.91 Å². The van der Waals surface area contributed by atoms with Crippen molar-refractivity contribution in [2.75, 3.05) is 13.6 Å². The number of rotatable bonds is 4. The topological polar surface area (TPSA) is 46.3 Å². The number of hydrogen-bond donors (Lipinski definition) is 1. The Morgan fingerprint density at radius 3 is 2.41 bits per heavy atom. The Morgan fingerprint density at radius 2 is 1.94 bits per heavy atom. The van der Waals surface area contributed by atoms with Gasteiger partial charge in [0.15, 0.2) is 0 Å². The highest BCUT2D eigenvalue weighted by molar-refractivity contribution is 7.80. The summed E-state index contributed by atoms with van der Waals surface area (Å²) in [6.45, 7) is 0.0875. The molecule has 0 aliphatic rings. The van der Waals surface area contributed by atoms with Gasteiger partial charge in [-0.1, -0.05) is 18.3 Å². The van der Waals surface area contributed by atoms with Crippen molar-refractivity contribution in [2.24, 2.45) is 5.73 Å². The highest BCUT2D eigenvalue weighted by Crippen LogP contribution is 2.13. The third-order valence-electron chi connectivity index (χ3n) is 2.21. The lowest BCUT2D eigenvalue weighted by atomic mass is 10.1. The molecule has 1 aromatic rings. The van der Waals surface area contributed by atoms with Crippen LogP contribution in [0.15, 0.2) is 18.2 Å². The fourth-order valence-electron chi connectivity index (χ4n) is 1.31. The molecule has 0 unspecified atom stereocenters. The zero-order valence-electron chi connectivity index (χ0n) is 9.24. The molecule has 0 aliphatic carbocycles. The van der Waals surface area contributed by atoms with Crippen molar-refractivity contribution in [3.63, 3.8) is 0 Å². The molecule has 0 bridgehead atoms. The Labute approximate surface area is 103 Å². The van der Waals surface area contributed by atoms with Gasteiger partial charge >= 0.3 is 0 Å². The van der Waals surface area contributed by atoms with Gasteiger partial charge in [-0.05, 0) is 12.1 Å². The minimum atomic E-state index is -0.734. The molecule has 0 saturated heterocycles. The summed E-state index contributed by atoms with van der Waals surface area (Å²) in [4.78, 5) is 13.0. The van der Waals surface area contributed by atoms with Crippen LogP contribution < -0.4 is 5.73 Å². The van der Waals surface area contributed by atoms with E-state index in [4.69, 9.17) is 5.73 Å². The average molecular weight is 258 g/mol. The molecule has 1 amide bonds. The number of nitrogens with zero attached hydrogens (tertiary/aromatic N) is 1. The first-order valence-electron chi connectivity index (χ1n) is 4.87. The largest absolute Gasteiger partial charge is 0.392 e. The van der Waals surface area contributed by atoms with Gasteiger partial charge in [0.05, 0.1) is 18.0 Å². The number of likely N-dealkylation sites (N-methyl/N-ethyl adjacent to an activating group) is 1.